The zero-order chi connectivity index (χ0) is 18.0. The summed E-state index contributed by atoms with van der Waals surface area (Å²) >= 11 is 0. The molecule has 0 atom stereocenters. The minimum atomic E-state index is 1.17. The lowest BCUT2D eigenvalue weighted by Crippen LogP contribution is -1.83. The van der Waals surface area contributed by atoms with Crippen molar-refractivity contribution in [2.45, 2.75) is 0 Å². The van der Waals surface area contributed by atoms with E-state index in [2.05, 4.69) is 91.5 Å². The van der Waals surface area contributed by atoms with Gasteiger partial charge in [0.15, 0.2) is 0 Å². The van der Waals surface area contributed by atoms with Crippen LogP contribution in [0.25, 0.3) is 28.3 Å². The first-order valence-electron chi connectivity index (χ1n) is 8.76. The highest BCUT2D eigenvalue weighted by Gasteiger charge is 2.05. The van der Waals surface area contributed by atoms with Crippen LogP contribution in [0, 0.1) is 0 Å². The smallest absolute Gasteiger partial charge is 0.0105 e. The first kappa shape index (κ1) is 17.4. The fourth-order valence-electron chi connectivity index (χ4n) is 2.81. The van der Waals surface area contributed by atoms with Gasteiger partial charge in [0, 0.05) is 0 Å². The lowest BCUT2D eigenvalue weighted by molar-refractivity contribution is 1.58. The summed E-state index contributed by atoms with van der Waals surface area (Å²) in [5.41, 5.74) is 6.26. The highest BCUT2D eigenvalue weighted by molar-refractivity contribution is 5.83. The molecule has 0 radical (unpaired) electrons. The maximum Gasteiger partial charge on any atom is -0.0105 e. The van der Waals surface area contributed by atoms with E-state index >= 15 is 0 Å². The standard InChI is InChI=1S/C18H14.C8H8/c1-3-9-15(10-4-1)17-13-7-8-14-18(17)16-11-5-2-6-12-16;1-2-8-6-4-3-5-7-8/h1-14H;2-7H,1H2. The second-order valence-corrected chi connectivity index (χ2v) is 5.89. The SMILES string of the molecule is C=Cc1ccccc1.c1ccc(-c2ccccc2-c2ccccc2)cc1. The van der Waals surface area contributed by atoms with Crippen molar-refractivity contribution in [2.75, 3.05) is 0 Å². The van der Waals surface area contributed by atoms with Gasteiger partial charge < -0.3 is 0 Å². The maximum absolute atomic E-state index is 3.63. The monoisotopic (exact) mass is 334 g/mol. The number of hydrogen-bond acceptors (Lipinski definition) is 0. The van der Waals surface area contributed by atoms with E-state index in [9.17, 15) is 0 Å². The Hall–Kier alpha value is -3.38. The average Bonchev–Trinajstić information content (AvgIpc) is 2.76. The third kappa shape index (κ3) is 4.58. The molecule has 0 saturated heterocycles. The Labute approximate surface area is 156 Å². The van der Waals surface area contributed by atoms with Crippen molar-refractivity contribution in [1.82, 2.24) is 0 Å². The summed E-state index contributed by atoms with van der Waals surface area (Å²) < 4.78 is 0. The van der Waals surface area contributed by atoms with E-state index in [0.717, 1.165) is 0 Å². The molecular weight excluding hydrogens is 312 g/mol. The summed E-state index contributed by atoms with van der Waals surface area (Å²) in [5, 5.41) is 0. The Morgan fingerprint density at radius 2 is 0.769 bits per heavy atom. The molecule has 4 aromatic rings. The van der Waals surface area contributed by atoms with Gasteiger partial charge in [0.1, 0.15) is 0 Å². The maximum atomic E-state index is 3.63. The molecule has 0 amide bonds. The molecule has 0 heterocycles. The Balaban J connectivity index is 0.000000206. The first-order chi connectivity index (χ1) is 12.9. The van der Waals surface area contributed by atoms with Crippen LogP contribution in [0.1, 0.15) is 5.56 Å². The van der Waals surface area contributed by atoms with Gasteiger partial charge in [0.2, 0.25) is 0 Å². The lowest BCUT2D eigenvalue weighted by atomic mass is 9.95. The fourth-order valence-corrected chi connectivity index (χ4v) is 2.81. The van der Waals surface area contributed by atoms with Gasteiger partial charge in [-0.25, -0.2) is 0 Å². The van der Waals surface area contributed by atoms with E-state index in [1.165, 1.54) is 27.8 Å². The van der Waals surface area contributed by atoms with Crippen LogP contribution >= 0.6 is 0 Å². The summed E-state index contributed by atoms with van der Waals surface area (Å²) in [5.74, 6) is 0. The van der Waals surface area contributed by atoms with E-state index in [4.69, 9.17) is 0 Å². The quantitative estimate of drug-likeness (QED) is 0.367. The van der Waals surface area contributed by atoms with Crippen LogP contribution in [0.5, 0.6) is 0 Å². The molecule has 126 valence electrons. The number of rotatable bonds is 3. The van der Waals surface area contributed by atoms with Crippen molar-refractivity contribution >= 4 is 6.08 Å². The van der Waals surface area contributed by atoms with E-state index in [-0.39, 0.29) is 0 Å². The zero-order valence-electron chi connectivity index (χ0n) is 14.8. The van der Waals surface area contributed by atoms with Crippen LogP contribution in [-0.4, -0.2) is 0 Å². The largest absolute Gasteiger partial charge is 0.0985 e. The van der Waals surface area contributed by atoms with Crippen LogP contribution in [-0.2, 0) is 0 Å². The van der Waals surface area contributed by atoms with Gasteiger partial charge in [-0.1, -0.05) is 128 Å². The summed E-state index contributed by atoms with van der Waals surface area (Å²) in [6, 6.07) is 39.6. The Morgan fingerprint density at radius 1 is 0.423 bits per heavy atom. The molecule has 0 spiro atoms. The van der Waals surface area contributed by atoms with Crippen molar-refractivity contribution in [3.63, 3.8) is 0 Å². The van der Waals surface area contributed by atoms with Crippen LogP contribution in [0.2, 0.25) is 0 Å². The molecular formula is C26H22. The molecule has 4 aromatic carbocycles. The van der Waals surface area contributed by atoms with Crippen molar-refractivity contribution in [3.05, 3.63) is 127 Å². The molecule has 0 bridgehead atoms. The molecule has 0 N–H and O–H groups in total. The minimum Gasteiger partial charge on any atom is -0.0985 e. The van der Waals surface area contributed by atoms with Gasteiger partial charge in [-0.15, -0.1) is 0 Å². The van der Waals surface area contributed by atoms with Gasteiger partial charge >= 0.3 is 0 Å². The Morgan fingerprint density at radius 3 is 1.12 bits per heavy atom. The van der Waals surface area contributed by atoms with Gasteiger partial charge in [-0.2, -0.15) is 0 Å². The third-order valence-corrected chi connectivity index (χ3v) is 4.13. The molecule has 0 aliphatic rings. The van der Waals surface area contributed by atoms with Crippen molar-refractivity contribution in [3.8, 4) is 22.3 Å². The molecule has 0 aliphatic carbocycles. The molecule has 26 heavy (non-hydrogen) atoms. The molecule has 0 aliphatic heterocycles. The van der Waals surface area contributed by atoms with E-state index < -0.39 is 0 Å². The average molecular weight is 334 g/mol. The highest BCUT2D eigenvalue weighted by atomic mass is 14.1. The number of benzene rings is 4. The predicted molar refractivity (Wildman–Crippen MR) is 114 cm³/mol. The summed E-state index contributed by atoms with van der Waals surface area (Å²) in [6.45, 7) is 3.63. The van der Waals surface area contributed by atoms with Gasteiger partial charge in [0.05, 0.1) is 0 Å². The molecule has 0 heteroatoms. The highest BCUT2D eigenvalue weighted by Crippen LogP contribution is 2.31. The molecule has 0 fully saturated rings. The first-order valence-corrected chi connectivity index (χ1v) is 8.76. The summed E-state index contributed by atoms with van der Waals surface area (Å²) in [7, 11) is 0. The summed E-state index contributed by atoms with van der Waals surface area (Å²) in [4.78, 5) is 0. The van der Waals surface area contributed by atoms with Crippen LogP contribution in [0.3, 0.4) is 0 Å². The second-order valence-electron chi connectivity index (χ2n) is 5.89. The normalized spacial score (nSPS) is 9.69. The van der Waals surface area contributed by atoms with Gasteiger partial charge in [-0.3, -0.25) is 0 Å². The lowest BCUT2D eigenvalue weighted by Gasteiger charge is -2.09. The van der Waals surface area contributed by atoms with Crippen molar-refractivity contribution in [2.24, 2.45) is 0 Å². The minimum absolute atomic E-state index is 1.17. The predicted octanol–water partition coefficient (Wildman–Crippen LogP) is 7.35. The van der Waals surface area contributed by atoms with E-state index in [0.29, 0.717) is 0 Å². The zero-order valence-corrected chi connectivity index (χ0v) is 14.8. The topological polar surface area (TPSA) is 0 Å². The van der Waals surface area contributed by atoms with E-state index in [1.54, 1.807) is 0 Å². The molecule has 4 rings (SSSR count). The fraction of sp³-hybridized carbons (Fsp3) is 0. The van der Waals surface area contributed by atoms with Gasteiger partial charge in [-0.05, 0) is 27.8 Å². The Bertz CT molecular complexity index is 865. The third-order valence-electron chi connectivity index (χ3n) is 4.13. The van der Waals surface area contributed by atoms with Crippen LogP contribution < -0.4 is 0 Å². The van der Waals surface area contributed by atoms with Crippen molar-refractivity contribution in [1.29, 1.82) is 0 Å². The van der Waals surface area contributed by atoms with Crippen molar-refractivity contribution < 1.29 is 0 Å². The molecule has 0 nitrogen and oxygen atoms in total. The molecule has 0 saturated carbocycles. The molecule has 0 unspecified atom stereocenters. The van der Waals surface area contributed by atoms with Crippen LogP contribution in [0.15, 0.2) is 122 Å². The molecule has 0 aromatic heterocycles. The Kier molecular flexibility index (Phi) is 6.17. The number of hydrogen-bond donors (Lipinski definition) is 0. The van der Waals surface area contributed by atoms with Crippen LogP contribution in [0.4, 0.5) is 0 Å². The second kappa shape index (κ2) is 9.19. The van der Waals surface area contributed by atoms with Gasteiger partial charge in [0.25, 0.3) is 0 Å². The summed E-state index contributed by atoms with van der Waals surface area (Å²) in [6.07, 6.45) is 1.83. The van der Waals surface area contributed by atoms with E-state index in [1.807, 2.05) is 36.4 Å².